The lowest BCUT2D eigenvalue weighted by Gasteiger charge is -2.26. The maximum absolute atomic E-state index is 6.19. The van der Waals surface area contributed by atoms with Crippen molar-refractivity contribution >= 4 is 60.8 Å². The van der Waals surface area contributed by atoms with Crippen molar-refractivity contribution in [2.75, 3.05) is 4.90 Å². The van der Waals surface area contributed by atoms with E-state index in [1.807, 2.05) is 12.1 Å². The van der Waals surface area contributed by atoms with Gasteiger partial charge in [-0.1, -0.05) is 121 Å². The normalized spacial score (nSPS) is 11.5. The van der Waals surface area contributed by atoms with Crippen LogP contribution < -0.4 is 4.90 Å². The van der Waals surface area contributed by atoms with Crippen LogP contribution in [0.15, 0.2) is 199 Å². The van der Waals surface area contributed by atoms with Gasteiger partial charge in [0.2, 0.25) is 0 Å². The molecule has 2 heterocycles. The summed E-state index contributed by atoms with van der Waals surface area (Å²) >= 11 is 0. The van der Waals surface area contributed by atoms with Crippen LogP contribution in [-0.4, -0.2) is 4.57 Å². The predicted octanol–water partition coefficient (Wildman–Crippen LogP) is 13.5. The molecule has 0 saturated heterocycles. The Morgan fingerprint density at radius 3 is 1.61 bits per heavy atom. The van der Waals surface area contributed by atoms with E-state index in [4.69, 9.17) is 4.42 Å². The summed E-state index contributed by atoms with van der Waals surface area (Å²) in [5.74, 6) is 0. The van der Waals surface area contributed by atoms with E-state index >= 15 is 0 Å². The number of hydrogen-bond acceptors (Lipinski definition) is 2. The summed E-state index contributed by atoms with van der Waals surface area (Å²) in [7, 11) is 0. The molecule has 3 heteroatoms. The average Bonchev–Trinajstić information content (AvgIpc) is 3.74. The molecule has 240 valence electrons. The summed E-state index contributed by atoms with van der Waals surface area (Å²) in [6.07, 6.45) is 0. The Labute approximate surface area is 295 Å². The maximum Gasteiger partial charge on any atom is 0.135 e. The van der Waals surface area contributed by atoms with Gasteiger partial charge in [0.15, 0.2) is 0 Å². The number of furan rings is 1. The maximum atomic E-state index is 6.19. The molecule has 0 atom stereocenters. The van der Waals surface area contributed by atoms with Crippen LogP contribution >= 0.6 is 0 Å². The predicted molar refractivity (Wildman–Crippen MR) is 214 cm³/mol. The second-order valence-electron chi connectivity index (χ2n) is 13.0. The molecule has 3 nitrogen and oxygen atoms in total. The van der Waals surface area contributed by atoms with Gasteiger partial charge in [-0.25, -0.2) is 0 Å². The van der Waals surface area contributed by atoms with Crippen molar-refractivity contribution in [1.29, 1.82) is 0 Å². The highest BCUT2D eigenvalue weighted by atomic mass is 16.3. The van der Waals surface area contributed by atoms with Crippen LogP contribution in [0, 0.1) is 0 Å². The van der Waals surface area contributed by atoms with Crippen molar-refractivity contribution < 1.29 is 4.42 Å². The van der Waals surface area contributed by atoms with E-state index in [9.17, 15) is 0 Å². The lowest BCUT2D eigenvalue weighted by Crippen LogP contribution is -2.09. The Morgan fingerprint density at radius 2 is 0.863 bits per heavy atom. The van der Waals surface area contributed by atoms with Crippen molar-refractivity contribution in [3.05, 3.63) is 194 Å². The van der Waals surface area contributed by atoms with E-state index in [1.54, 1.807) is 0 Å². The SMILES string of the molecule is c1ccc(-c2ccc(N(c3ccc(-c4ccc5c6ccccc6n(-c6ccccc6)c5c4)cc3)c3ccc4oc5ccccc5c4c3)cc2)cc1. The number of aromatic nitrogens is 1. The molecule has 51 heavy (non-hydrogen) atoms. The largest absolute Gasteiger partial charge is 0.456 e. The van der Waals surface area contributed by atoms with Crippen molar-refractivity contribution in [2.45, 2.75) is 0 Å². The minimum Gasteiger partial charge on any atom is -0.456 e. The van der Waals surface area contributed by atoms with Crippen molar-refractivity contribution in [2.24, 2.45) is 0 Å². The van der Waals surface area contributed by atoms with E-state index in [0.717, 1.165) is 44.7 Å². The third kappa shape index (κ3) is 4.98. The number of benzene rings is 8. The standard InChI is InChI=1S/C48H32N2O/c1-3-11-33(12-4-1)34-19-24-38(25-20-34)49(40-28-30-48-44(32-40)43-16-8-10-18-47(43)51-48)39-26-21-35(22-27-39)36-23-29-42-41-15-7-9-17-45(41)50(46(42)31-36)37-13-5-2-6-14-37/h1-32H. The second kappa shape index (κ2) is 11.9. The number of rotatable bonds is 6. The Bertz CT molecular complexity index is 2830. The van der Waals surface area contributed by atoms with Gasteiger partial charge in [0.05, 0.1) is 11.0 Å². The highest BCUT2D eigenvalue weighted by molar-refractivity contribution is 6.10. The third-order valence-electron chi connectivity index (χ3n) is 10.00. The number of nitrogens with zero attached hydrogens (tertiary/aromatic N) is 2. The molecule has 2 aromatic heterocycles. The molecule has 0 unspecified atom stereocenters. The first-order valence-electron chi connectivity index (χ1n) is 17.3. The quantitative estimate of drug-likeness (QED) is 0.178. The molecule has 10 aromatic rings. The fraction of sp³-hybridized carbons (Fsp3) is 0. The molecular formula is C48H32N2O. The van der Waals surface area contributed by atoms with Crippen LogP contribution in [0.5, 0.6) is 0 Å². The van der Waals surface area contributed by atoms with E-state index < -0.39 is 0 Å². The first-order valence-corrected chi connectivity index (χ1v) is 17.3. The summed E-state index contributed by atoms with van der Waals surface area (Å²) < 4.78 is 8.57. The summed E-state index contributed by atoms with van der Waals surface area (Å²) in [5.41, 5.74) is 13.3. The molecule has 0 N–H and O–H groups in total. The minimum atomic E-state index is 0.887. The smallest absolute Gasteiger partial charge is 0.135 e. The van der Waals surface area contributed by atoms with Crippen LogP contribution in [0.25, 0.3) is 71.7 Å². The Kier molecular flexibility index (Phi) is 6.81. The monoisotopic (exact) mass is 652 g/mol. The van der Waals surface area contributed by atoms with E-state index in [1.165, 1.54) is 44.1 Å². The molecule has 8 aromatic carbocycles. The first-order chi connectivity index (χ1) is 25.3. The summed E-state index contributed by atoms with van der Waals surface area (Å²) in [6.45, 7) is 0. The van der Waals surface area contributed by atoms with Gasteiger partial charge < -0.3 is 13.9 Å². The van der Waals surface area contributed by atoms with Gasteiger partial charge in [-0.15, -0.1) is 0 Å². The van der Waals surface area contributed by atoms with Crippen LogP contribution in [-0.2, 0) is 0 Å². The lowest BCUT2D eigenvalue weighted by molar-refractivity contribution is 0.669. The molecule has 0 aliphatic carbocycles. The third-order valence-corrected chi connectivity index (χ3v) is 10.00. The topological polar surface area (TPSA) is 21.3 Å². The van der Waals surface area contributed by atoms with Gasteiger partial charge in [0.1, 0.15) is 11.2 Å². The van der Waals surface area contributed by atoms with Crippen LogP contribution in [0.3, 0.4) is 0 Å². The molecular weight excluding hydrogens is 621 g/mol. The van der Waals surface area contributed by atoms with Gasteiger partial charge >= 0.3 is 0 Å². The van der Waals surface area contributed by atoms with Crippen molar-refractivity contribution in [1.82, 2.24) is 4.57 Å². The first kappa shape index (κ1) is 29.1. The molecule has 0 radical (unpaired) electrons. The summed E-state index contributed by atoms with van der Waals surface area (Å²) in [4.78, 5) is 2.33. The Morgan fingerprint density at radius 1 is 0.333 bits per heavy atom. The van der Waals surface area contributed by atoms with Gasteiger partial charge in [0, 0.05) is 44.3 Å². The molecule has 10 rings (SSSR count). The van der Waals surface area contributed by atoms with Crippen molar-refractivity contribution in [3.8, 4) is 27.9 Å². The fourth-order valence-electron chi connectivity index (χ4n) is 7.54. The minimum absolute atomic E-state index is 0.887. The Balaban J connectivity index is 1.08. The molecule has 0 amide bonds. The number of hydrogen-bond donors (Lipinski definition) is 0. The molecule has 0 fully saturated rings. The van der Waals surface area contributed by atoms with Crippen LogP contribution in [0.4, 0.5) is 17.1 Å². The van der Waals surface area contributed by atoms with Gasteiger partial charge in [0.25, 0.3) is 0 Å². The molecule has 0 aliphatic heterocycles. The zero-order valence-electron chi connectivity index (χ0n) is 27.8. The fourth-order valence-corrected chi connectivity index (χ4v) is 7.54. The van der Waals surface area contributed by atoms with Crippen LogP contribution in [0.2, 0.25) is 0 Å². The highest BCUT2D eigenvalue weighted by Crippen LogP contribution is 2.41. The van der Waals surface area contributed by atoms with E-state index in [2.05, 4.69) is 191 Å². The van der Waals surface area contributed by atoms with Gasteiger partial charge in [-0.2, -0.15) is 0 Å². The van der Waals surface area contributed by atoms with Crippen LogP contribution in [0.1, 0.15) is 0 Å². The lowest BCUT2D eigenvalue weighted by atomic mass is 10.0. The zero-order valence-corrected chi connectivity index (χ0v) is 27.8. The van der Waals surface area contributed by atoms with E-state index in [0.29, 0.717) is 0 Å². The molecule has 0 spiro atoms. The zero-order chi connectivity index (χ0) is 33.7. The highest BCUT2D eigenvalue weighted by Gasteiger charge is 2.17. The molecule has 0 saturated carbocycles. The average molecular weight is 653 g/mol. The van der Waals surface area contributed by atoms with Gasteiger partial charge in [-0.05, 0) is 95.1 Å². The number of anilines is 3. The molecule has 0 aliphatic rings. The Hall–Kier alpha value is -6.84. The molecule has 0 bridgehead atoms. The number of para-hydroxylation sites is 3. The van der Waals surface area contributed by atoms with Crippen molar-refractivity contribution in [3.63, 3.8) is 0 Å². The summed E-state index contributed by atoms with van der Waals surface area (Å²) in [6, 6.07) is 69.2. The van der Waals surface area contributed by atoms with E-state index in [-0.39, 0.29) is 0 Å². The number of fused-ring (bicyclic) bond motifs is 6. The van der Waals surface area contributed by atoms with Gasteiger partial charge in [-0.3, -0.25) is 0 Å². The second-order valence-corrected chi connectivity index (χ2v) is 13.0. The summed E-state index contributed by atoms with van der Waals surface area (Å²) in [5, 5.41) is 4.73.